The molecule has 0 spiro atoms. The van der Waals surface area contributed by atoms with Crippen LogP contribution in [0, 0.1) is 0 Å². The van der Waals surface area contributed by atoms with Crippen molar-refractivity contribution in [2.45, 2.75) is 18.4 Å². The molecule has 1 aromatic carbocycles. The fourth-order valence-electron chi connectivity index (χ4n) is 1.94. The highest BCUT2D eigenvalue weighted by molar-refractivity contribution is 6.30. The monoisotopic (exact) mass is 211 g/mol. The summed E-state index contributed by atoms with van der Waals surface area (Å²) in [6.45, 7) is 1.66. The number of rotatable bonds is 1. The van der Waals surface area contributed by atoms with E-state index in [0.717, 1.165) is 18.0 Å². The Morgan fingerprint density at radius 2 is 2.00 bits per heavy atom. The molecule has 1 aliphatic heterocycles. The van der Waals surface area contributed by atoms with Crippen molar-refractivity contribution in [3.63, 3.8) is 0 Å². The Morgan fingerprint density at radius 3 is 2.64 bits per heavy atom. The van der Waals surface area contributed by atoms with E-state index in [1.165, 1.54) is 5.56 Å². The van der Waals surface area contributed by atoms with Gasteiger partial charge in [0, 0.05) is 17.5 Å². The molecule has 0 bridgehead atoms. The van der Waals surface area contributed by atoms with Crippen LogP contribution >= 0.6 is 11.6 Å². The molecular weight excluding hydrogens is 198 g/mol. The lowest BCUT2D eigenvalue weighted by molar-refractivity contribution is 0.118. The van der Waals surface area contributed by atoms with Crippen molar-refractivity contribution in [1.82, 2.24) is 5.32 Å². The summed E-state index contributed by atoms with van der Waals surface area (Å²) in [4.78, 5) is 0. The van der Waals surface area contributed by atoms with E-state index in [1.54, 1.807) is 0 Å². The van der Waals surface area contributed by atoms with Gasteiger partial charge in [-0.2, -0.15) is 0 Å². The van der Waals surface area contributed by atoms with E-state index in [9.17, 15) is 5.11 Å². The van der Waals surface area contributed by atoms with Crippen molar-refractivity contribution in [3.05, 3.63) is 34.9 Å². The first-order valence-corrected chi connectivity index (χ1v) is 5.29. The van der Waals surface area contributed by atoms with Gasteiger partial charge in [-0.1, -0.05) is 23.7 Å². The SMILES string of the molecule is O[C@H]1CNCC[C@@H]1c1ccc(Cl)cc1. The minimum Gasteiger partial charge on any atom is -0.391 e. The molecule has 2 rings (SSSR count). The Hall–Kier alpha value is -0.570. The zero-order valence-electron chi connectivity index (χ0n) is 7.91. The highest BCUT2D eigenvalue weighted by Crippen LogP contribution is 2.26. The molecule has 1 saturated heterocycles. The third-order valence-electron chi connectivity index (χ3n) is 2.75. The largest absolute Gasteiger partial charge is 0.391 e. The van der Waals surface area contributed by atoms with Crippen LogP contribution in [0.1, 0.15) is 17.9 Å². The van der Waals surface area contributed by atoms with Crippen molar-refractivity contribution < 1.29 is 5.11 Å². The van der Waals surface area contributed by atoms with Crippen LogP contribution in [0.4, 0.5) is 0 Å². The van der Waals surface area contributed by atoms with E-state index < -0.39 is 0 Å². The summed E-state index contributed by atoms with van der Waals surface area (Å²) in [5.74, 6) is 0.258. The number of hydrogen-bond donors (Lipinski definition) is 2. The molecule has 0 amide bonds. The van der Waals surface area contributed by atoms with Crippen LogP contribution in [-0.4, -0.2) is 24.3 Å². The number of benzene rings is 1. The van der Waals surface area contributed by atoms with E-state index in [4.69, 9.17) is 11.6 Å². The number of piperidine rings is 1. The van der Waals surface area contributed by atoms with Crippen LogP contribution in [0.15, 0.2) is 24.3 Å². The number of aliphatic hydroxyl groups is 1. The molecule has 1 aromatic rings. The summed E-state index contributed by atoms with van der Waals surface area (Å²) < 4.78 is 0. The minimum atomic E-state index is -0.273. The number of aliphatic hydroxyl groups excluding tert-OH is 1. The summed E-state index contributed by atoms with van der Waals surface area (Å²) in [7, 11) is 0. The molecular formula is C11H14ClNO. The maximum atomic E-state index is 9.80. The zero-order valence-corrected chi connectivity index (χ0v) is 8.67. The van der Waals surface area contributed by atoms with Gasteiger partial charge in [0.2, 0.25) is 0 Å². The molecule has 76 valence electrons. The molecule has 14 heavy (non-hydrogen) atoms. The quantitative estimate of drug-likeness (QED) is 0.742. The zero-order chi connectivity index (χ0) is 9.97. The van der Waals surface area contributed by atoms with Gasteiger partial charge in [0.25, 0.3) is 0 Å². The van der Waals surface area contributed by atoms with Gasteiger partial charge >= 0.3 is 0 Å². The Morgan fingerprint density at radius 1 is 1.29 bits per heavy atom. The Balaban J connectivity index is 2.16. The lowest BCUT2D eigenvalue weighted by atomic mass is 9.88. The molecule has 2 N–H and O–H groups in total. The lowest BCUT2D eigenvalue weighted by Crippen LogP contribution is -2.39. The molecule has 1 fully saturated rings. The number of β-amino-alcohol motifs (C(OH)–C–C–N with tert-alkyl or cyclic N) is 1. The maximum absolute atomic E-state index is 9.80. The fraction of sp³-hybridized carbons (Fsp3) is 0.455. The summed E-state index contributed by atoms with van der Waals surface area (Å²) in [6, 6.07) is 7.76. The number of hydrogen-bond acceptors (Lipinski definition) is 2. The van der Waals surface area contributed by atoms with Crippen molar-refractivity contribution in [2.24, 2.45) is 0 Å². The smallest absolute Gasteiger partial charge is 0.0733 e. The van der Waals surface area contributed by atoms with Crippen LogP contribution in [0.3, 0.4) is 0 Å². The van der Waals surface area contributed by atoms with Crippen LogP contribution in [-0.2, 0) is 0 Å². The first-order valence-electron chi connectivity index (χ1n) is 4.91. The standard InChI is InChI=1S/C11H14ClNO/c12-9-3-1-8(2-4-9)10-5-6-13-7-11(10)14/h1-4,10-11,13-14H,5-7H2/t10-,11+/m1/s1. The van der Waals surface area contributed by atoms with E-state index in [1.807, 2.05) is 24.3 Å². The molecule has 1 heterocycles. The summed E-state index contributed by atoms with van der Waals surface area (Å²) in [5, 5.41) is 13.7. The first kappa shape index (κ1) is 9.97. The minimum absolute atomic E-state index is 0.258. The molecule has 0 aromatic heterocycles. The van der Waals surface area contributed by atoms with Crippen molar-refractivity contribution >= 4 is 11.6 Å². The molecule has 2 atom stereocenters. The third-order valence-corrected chi connectivity index (χ3v) is 3.00. The van der Waals surface area contributed by atoms with Crippen LogP contribution in [0.25, 0.3) is 0 Å². The van der Waals surface area contributed by atoms with Gasteiger partial charge in [0.15, 0.2) is 0 Å². The predicted molar refractivity (Wildman–Crippen MR) is 57.7 cm³/mol. The van der Waals surface area contributed by atoms with Crippen LogP contribution < -0.4 is 5.32 Å². The van der Waals surface area contributed by atoms with Gasteiger partial charge in [0.1, 0.15) is 0 Å². The van der Waals surface area contributed by atoms with Gasteiger partial charge < -0.3 is 10.4 Å². The molecule has 0 saturated carbocycles. The van der Waals surface area contributed by atoms with Gasteiger partial charge in [0.05, 0.1) is 6.10 Å². The average molecular weight is 212 g/mol. The van der Waals surface area contributed by atoms with Crippen molar-refractivity contribution in [2.75, 3.05) is 13.1 Å². The molecule has 0 aliphatic carbocycles. The Kier molecular flexibility index (Phi) is 3.06. The Labute approximate surface area is 88.9 Å². The number of nitrogens with one attached hydrogen (secondary N) is 1. The van der Waals surface area contributed by atoms with E-state index in [0.29, 0.717) is 6.54 Å². The van der Waals surface area contributed by atoms with Crippen LogP contribution in [0.2, 0.25) is 5.02 Å². The second kappa shape index (κ2) is 4.30. The molecule has 0 radical (unpaired) electrons. The van der Waals surface area contributed by atoms with Crippen LogP contribution in [0.5, 0.6) is 0 Å². The van der Waals surface area contributed by atoms with E-state index in [-0.39, 0.29) is 12.0 Å². The topological polar surface area (TPSA) is 32.3 Å². The Bertz CT molecular complexity index is 299. The molecule has 3 heteroatoms. The summed E-state index contributed by atoms with van der Waals surface area (Å²) in [6.07, 6.45) is 0.716. The predicted octanol–water partition coefficient (Wildman–Crippen LogP) is 1.78. The molecule has 2 nitrogen and oxygen atoms in total. The van der Waals surface area contributed by atoms with Gasteiger partial charge in [-0.15, -0.1) is 0 Å². The van der Waals surface area contributed by atoms with Crippen molar-refractivity contribution in [1.29, 1.82) is 0 Å². The lowest BCUT2D eigenvalue weighted by Gasteiger charge is -2.28. The van der Waals surface area contributed by atoms with Gasteiger partial charge in [-0.05, 0) is 30.7 Å². The third kappa shape index (κ3) is 2.08. The normalized spacial score (nSPS) is 27.6. The molecule has 0 unspecified atom stereocenters. The summed E-state index contributed by atoms with van der Waals surface area (Å²) >= 11 is 5.81. The average Bonchev–Trinajstić information content (AvgIpc) is 2.20. The van der Waals surface area contributed by atoms with Gasteiger partial charge in [-0.25, -0.2) is 0 Å². The van der Waals surface area contributed by atoms with Gasteiger partial charge in [-0.3, -0.25) is 0 Å². The molecule has 1 aliphatic rings. The maximum Gasteiger partial charge on any atom is 0.0733 e. The second-order valence-corrected chi connectivity index (χ2v) is 4.15. The number of halogens is 1. The van der Waals surface area contributed by atoms with Crippen molar-refractivity contribution in [3.8, 4) is 0 Å². The first-order chi connectivity index (χ1) is 6.77. The highest BCUT2D eigenvalue weighted by Gasteiger charge is 2.23. The van der Waals surface area contributed by atoms with E-state index in [2.05, 4.69) is 5.32 Å². The summed E-state index contributed by atoms with van der Waals surface area (Å²) in [5.41, 5.74) is 1.18. The fourth-order valence-corrected chi connectivity index (χ4v) is 2.07. The highest BCUT2D eigenvalue weighted by atomic mass is 35.5. The second-order valence-electron chi connectivity index (χ2n) is 3.72. The van der Waals surface area contributed by atoms with E-state index >= 15 is 0 Å².